The van der Waals surface area contributed by atoms with Gasteiger partial charge in [-0.15, -0.1) is 0 Å². The van der Waals surface area contributed by atoms with Crippen molar-refractivity contribution in [3.8, 4) is 0 Å². The highest BCUT2D eigenvalue weighted by molar-refractivity contribution is 5.95. The lowest BCUT2D eigenvalue weighted by molar-refractivity contribution is -0.138. The number of rotatable bonds is 6. The zero-order valence-corrected chi connectivity index (χ0v) is 16.9. The minimum Gasteiger partial charge on any atom is -0.465 e. The molecule has 0 spiro atoms. The Morgan fingerprint density at radius 1 is 1.12 bits per heavy atom. The third kappa shape index (κ3) is 4.63. The van der Waals surface area contributed by atoms with Gasteiger partial charge in [0.15, 0.2) is 0 Å². The lowest BCUT2D eigenvalue weighted by Crippen LogP contribution is -2.44. The van der Waals surface area contributed by atoms with E-state index in [0.29, 0.717) is 5.56 Å². The number of alkyl halides is 5. The Bertz CT molecular complexity index is 1000. The van der Waals surface area contributed by atoms with Gasteiger partial charge in [0.1, 0.15) is 5.82 Å². The molecule has 170 valence electrons. The second-order valence-corrected chi connectivity index (χ2v) is 7.31. The number of hydrogen-bond acceptors (Lipinski definition) is 5. The first-order chi connectivity index (χ1) is 15.0. The smallest absolute Gasteiger partial charge is 0.416 e. The Labute approximate surface area is 180 Å². The first-order valence-corrected chi connectivity index (χ1v) is 9.52. The summed E-state index contributed by atoms with van der Waals surface area (Å²) < 4.78 is 71.4. The largest absolute Gasteiger partial charge is 0.465 e. The molecule has 1 aliphatic heterocycles. The number of Topliss-reactive ketones (excluding diaryl/α,β-unsaturated/α-hetero) is 1. The third-order valence-corrected chi connectivity index (χ3v) is 5.36. The summed E-state index contributed by atoms with van der Waals surface area (Å²) in [5.41, 5.74) is -0.220. The molecule has 32 heavy (non-hydrogen) atoms. The van der Waals surface area contributed by atoms with Crippen molar-refractivity contribution >= 4 is 17.6 Å². The Morgan fingerprint density at radius 3 is 2.28 bits per heavy atom. The van der Waals surface area contributed by atoms with Crippen molar-refractivity contribution in [1.29, 1.82) is 0 Å². The summed E-state index contributed by atoms with van der Waals surface area (Å²) in [5.74, 6) is -6.14. The number of esters is 1. The molecule has 0 bridgehead atoms. The SMILES string of the molecule is C=CC(F)(F)C(=O)[C@@H]1CC(c2ccc(C(F)(F)F)cc2)CN1c1ccc(C(=O)OC)cn1. The molecule has 1 aromatic carbocycles. The van der Waals surface area contributed by atoms with Crippen LogP contribution in [0.3, 0.4) is 0 Å². The highest BCUT2D eigenvalue weighted by Gasteiger charge is 2.47. The van der Waals surface area contributed by atoms with Crippen molar-refractivity contribution in [3.63, 3.8) is 0 Å². The molecule has 0 amide bonds. The number of anilines is 1. The van der Waals surface area contributed by atoms with Gasteiger partial charge in [0.05, 0.1) is 24.3 Å². The molecule has 1 aromatic heterocycles. The van der Waals surface area contributed by atoms with Gasteiger partial charge < -0.3 is 9.64 Å². The molecule has 5 nitrogen and oxygen atoms in total. The van der Waals surface area contributed by atoms with Gasteiger partial charge in [0, 0.05) is 18.7 Å². The zero-order chi connectivity index (χ0) is 23.7. The number of nitrogens with zero attached hydrogens (tertiary/aromatic N) is 2. The summed E-state index contributed by atoms with van der Waals surface area (Å²) in [7, 11) is 1.19. The molecule has 0 saturated carbocycles. The first-order valence-electron chi connectivity index (χ1n) is 9.52. The van der Waals surface area contributed by atoms with Crippen LogP contribution in [-0.2, 0) is 15.7 Å². The lowest BCUT2D eigenvalue weighted by Gasteiger charge is -2.26. The number of carbonyl (C=O) groups is 2. The fourth-order valence-corrected chi connectivity index (χ4v) is 3.64. The van der Waals surface area contributed by atoms with Gasteiger partial charge in [-0.2, -0.15) is 22.0 Å². The maximum absolute atomic E-state index is 14.1. The Balaban J connectivity index is 1.93. The topological polar surface area (TPSA) is 59.5 Å². The molecular formula is C22H19F5N2O3. The quantitative estimate of drug-likeness (QED) is 0.362. The van der Waals surface area contributed by atoms with Gasteiger partial charge >= 0.3 is 18.1 Å². The Hall–Kier alpha value is -3.30. The third-order valence-electron chi connectivity index (χ3n) is 5.36. The number of ketones is 1. The molecule has 0 aliphatic carbocycles. The van der Waals surface area contributed by atoms with E-state index in [2.05, 4.69) is 16.3 Å². The summed E-state index contributed by atoms with van der Waals surface area (Å²) in [6.45, 7) is 3.08. The van der Waals surface area contributed by atoms with Crippen LogP contribution in [0.4, 0.5) is 27.8 Å². The van der Waals surface area contributed by atoms with Crippen molar-refractivity contribution in [2.75, 3.05) is 18.6 Å². The minimum atomic E-state index is -4.50. The van der Waals surface area contributed by atoms with Crippen molar-refractivity contribution in [2.24, 2.45) is 0 Å². The molecular weight excluding hydrogens is 435 g/mol. The molecule has 1 aliphatic rings. The van der Waals surface area contributed by atoms with E-state index in [9.17, 15) is 31.5 Å². The molecule has 0 N–H and O–H groups in total. The van der Waals surface area contributed by atoms with Crippen molar-refractivity contribution in [2.45, 2.75) is 30.5 Å². The van der Waals surface area contributed by atoms with Crippen molar-refractivity contribution < 1.29 is 36.3 Å². The van der Waals surface area contributed by atoms with Gasteiger partial charge in [-0.1, -0.05) is 18.7 Å². The number of halogens is 5. The number of benzene rings is 1. The normalized spacial score (nSPS) is 19.0. The number of ether oxygens (including phenoxy) is 1. The van der Waals surface area contributed by atoms with Crippen molar-refractivity contribution in [1.82, 2.24) is 4.98 Å². The van der Waals surface area contributed by atoms with E-state index >= 15 is 0 Å². The number of aromatic nitrogens is 1. The van der Waals surface area contributed by atoms with E-state index in [1.807, 2.05) is 0 Å². The first kappa shape index (κ1) is 23.4. The lowest BCUT2D eigenvalue weighted by atomic mass is 9.93. The zero-order valence-electron chi connectivity index (χ0n) is 16.9. The maximum atomic E-state index is 14.1. The standard InChI is InChI=1S/C22H19F5N2O3/c1-3-21(23,24)19(30)17-10-15(13-4-7-16(8-5-13)22(25,26)27)12-29(17)18-9-6-14(11-28-18)20(31)32-2/h3-9,11,15,17H,1,10,12H2,2H3/t15?,17-/m0/s1. The van der Waals surface area contributed by atoms with Crippen LogP contribution < -0.4 is 4.90 Å². The second kappa shape index (κ2) is 8.68. The Morgan fingerprint density at radius 2 is 1.78 bits per heavy atom. The fourth-order valence-electron chi connectivity index (χ4n) is 3.64. The van der Waals surface area contributed by atoms with E-state index < -0.39 is 41.4 Å². The number of hydrogen-bond donors (Lipinski definition) is 0. The van der Waals surface area contributed by atoms with Gasteiger partial charge in [-0.3, -0.25) is 4.79 Å². The van der Waals surface area contributed by atoms with Crippen LogP contribution in [0, 0.1) is 0 Å². The average molecular weight is 454 g/mol. The average Bonchev–Trinajstić information content (AvgIpc) is 3.22. The van der Waals surface area contributed by atoms with Crippen LogP contribution in [0.2, 0.25) is 0 Å². The molecule has 2 aromatic rings. The van der Waals surface area contributed by atoms with Gasteiger partial charge in [0.2, 0.25) is 5.78 Å². The summed E-state index contributed by atoms with van der Waals surface area (Å²) in [6.07, 6.45) is -3.10. The van der Waals surface area contributed by atoms with E-state index in [1.165, 1.54) is 42.5 Å². The van der Waals surface area contributed by atoms with E-state index in [0.717, 1.165) is 12.1 Å². The predicted octanol–water partition coefficient (Wildman–Crippen LogP) is 4.64. The van der Waals surface area contributed by atoms with E-state index in [4.69, 9.17) is 0 Å². The summed E-state index contributed by atoms with van der Waals surface area (Å²) >= 11 is 0. The van der Waals surface area contributed by atoms with Gasteiger partial charge in [0.25, 0.3) is 0 Å². The van der Waals surface area contributed by atoms with Gasteiger partial charge in [-0.25, -0.2) is 9.78 Å². The van der Waals surface area contributed by atoms with Crippen LogP contribution in [-0.4, -0.2) is 42.4 Å². The molecule has 2 atom stereocenters. The van der Waals surface area contributed by atoms with Gasteiger partial charge in [-0.05, 0) is 42.3 Å². The predicted molar refractivity (Wildman–Crippen MR) is 106 cm³/mol. The molecule has 10 heteroatoms. The van der Waals surface area contributed by atoms with Crippen LogP contribution in [0.5, 0.6) is 0 Å². The molecule has 1 saturated heterocycles. The minimum absolute atomic E-state index is 0.0476. The summed E-state index contributed by atoms with van der Waals surface area (Å²) in [4.78, 5) is 29.6. The highest BCUT2D eigenvalue weighted by Crippen LogP contribution is 2.38. The van der Waals surface area contributed by atoms with Crippen LogP contribution in [0.1, 0.15) is 33.8 Å². The monoisotopic (exact) mass is 454 g/mol. The van der Waals surface area contributed by atoms with Crippen molar-refractivity contribution in [3.05, 3.63) is 71.9 Å². The molecule has 0 radical (unpaired) electrons. The van der Waals surface area contributed by atoms with Crippen LogP contribution >= 0.6 is 0 Å². The Kier molecular flexibility index (Phi) is 6.34. The number of pyridine rings is 1. The molecule has 3 rings (SSSR count). The van der Waals surface area contributed by atoms with E-state index in [1.54, 1.807) is 0 Å². The maximum Gasteiger partial charge on any atom is 0.416 e. The summed E-state index contributed by atoms with van der Waals surface area (Å²) in [5, 5.41) is 0. The fraction of sp³-hybridized carbons (Fsp3) is 0.318. The molecule has 1 fully saturated rings. The highest BCUT2D eigenvalue weighted by atomic mass is 19.4. The second-order valence-electron chi connectivity index (χ2n) is 7.31. The molecule has 1 unspecified atom stereocenters. The number of methoxy groups -OCH3 is 1. The number of allylic oxidation sites excluding steroid dienone is 1. The molecule has 2 heterocycles. The van der Waals surface area contributed by atoms with Crippen LogP contribution in [0.15, 0.2) is 55.3 Å². The number of carbonyl (C=O) groups excluding carboxylic acids is 2. The van der Waals surface area contributed by atoms with E-state index in [-0.39, 0.29) is 30.4 Å². The van der Waals surface area contributed by atoms with Crippen LogP contribution in [0.25, 0.3) is 0 Å². The summed E-state index contributed by atoms with van der Waals surface area (Å²) in [6, 6.07) is 5.87.